The second-order valence-electron chi connectivity index (χ2n) is 3.89. The van der Waals surface area contributed by atoms with Crippen LogP contribution in [0.1, 0.15) is 34.1 Å². The molecule has 0 rings (SSSR count). The molecule has 1 heteroatoms. The number of aliphatic hydroxyl groups is 1. The summed E-state index contributed by atoms with van der Waals surface area (Å²) < 4.78 is 0. The van der Waals surface area contributed by atoms with Crippen molar-refractivity contribution in [1.29, 1.82) is 0 Å². The molecule has 0 aromatic heterocycles. The van der Waals surface area contributed by atoms with Gasteiger partial charge in [-0.25, -0.2) is 0 Å². The van der Waals surface area contributed by atoms with Crippen molar-refractivity contribution in [2.24, 2.45) is 11.3 Å². The Morgan fingerprint density at radius 1 is 1.50 bits per heavy atom. The summed E-state index contributed by atoms with van der Waals surface area (Å²) in [6.07, 6.45) is 0.699. The molecule has 1 nitrogen and oxygen atoms in total. The first-order chi connectivity index (χ1) is 4.36. The normalized spacial score (nSPS) is 12.1. The van der Waals surface area contributed by atoms with E-state index in [1.54, 1.807) is 0 Å². The molecule has 0 radical (unpaired) electrons. The Morgan fingerprint density at radius 3 is 2.00 bits per heavy atom. The Morgan fingerprint density at radius 2 is 1.90 bits per heavy atom. The van der Waals surface area contributed by atoms with Crippen molar-refractivity contribution < 1.29 is 5.11 Å². The predicted octanol–water partition coefficient (Wildman–Crippen LogP) is 3.13. The first kappa shape index (κ1) is 9.54. The quantitative estimate of drug-likeness (QED) is 0.600. The zero-order valence-electron chi connectivity index (χ0n) is 7.44. The summed E-state index contributed by atoms with van der Waals surface area (Å²) >= 11 is 0. The highest BCUT2D eigenvalue weighted by Crippen LogP contribution is 2.31. The first-order valence-electron chi connectivity index (χ1n) is 3.73. The van der Waals surface area contributed by atoms with Gasteiger partial charge in [-0.1, -0.05) is 34.3 Å². The van der Waals surface area contributed by atoms with Crippen LogP contribution in [0.2, 0.25) is 0 Å². The second kappa shape index (κ2) is 3.09. The molecular formula is C9H18O. The van der Waals surface area contributed by atoms with Crippen molar-refractivity contribution in [3.63, 3.8) is 0 Å². The van der Waals surface area contributed by atoms with Gasteiger partial charge in [-0.3, -0.25) is 0 Å². The van der Waals surface area contributed by atoms with Gasteiger partial charge in [-0.05, 0) is 11.3 Å². The van der Waals surface area contributed by atoms with E-state index in [0.29, 0.717) is 18.1 Å². The molecule has 0 atom stereocenters. The lowest BCUT2D eigenvalue weighted by atomic mass is 9.78. The second-order valence-corrected chi connectivity index (χ2v) is 3.89. The van der Waals surface area contributed by atoms with Crippen molar-refractivity contribution in [2.75, 3.05) is 0 Å². The molecular weight excluding hydrogens is 124 g/mol. The van der Waals surface area contributed by atoms with Crippen LogP contribution in [0.5, 0.6) is 0 Å². The molecule has 0 spiro atoms. The molecule has 0 unspecified atom stereocenters. The maximum Gasteiger partial charge on any atom is 0.0856 e. The SMILES string of the molecule is C=C(O)CC(C)(C)C(C)C. The minimum Gasteiger partial charge on any atom is -0.513 e. The maximum absolute atomic E-state index is 8.94. The lowest BCUT2D eigenvalue weighted by molar-refractivity contribution is 0.211. The highest BCUT2D eigenvalue weighted by Gasteiger charge is 2.22. The Kier molecular flexibility index (Phi) is 2.95. The van der Waals surface area contributed by atoms with E-state index in [2.05, 4.69) is 34.3 Å². The van der Waals surface area contributed by atoms with Crippen LogP contribution in [0.15, 0.2) is 12.3 Å². The molecule has 10 heavy (non-hydrogen) atoms. The van der Waals surface area contributed by atoms with Crippen LogP contribution in [0.25, 0.3) is 0 Å². The van der Waals surface area contributed by atoms with Gasteiger partial charge < -0.3 is 5.11 Å². The van der Waals surface area contributed by atoms with E-state index in [4.69, 9.17) is 5.11 Å². The molecule has 60 valence electrons. The Bertz CT molecular complexity index is 123. The van der Waals surface area contributed by atoms with E-state index in [1.165, 1.54) is 0 Å². The summed E-state index contributed by atoms with van der Waals surface area (Å²) in [5.41, 5.74) is 0.172. The molecule has 0 heterocycles. The van der Waals surface area contributed by atoms with Crippen molar-refractivity contribution >= 4 is 0 Å². The molecule has 0 fully saturated rings. The van der Waals surface area contributed by atoms with Crippen LogP contribution in [0, 0.1) is 11.3 Å². The summed E-state index contributed by atoms with van der Waals surface area (Å²) in [5, 5.41) is 8.94. The Labute approximate surface area is 63.8 Å². The van der Waals surface area contributed by atoms with Crippen LogP contribution >= 0.6 is 0 Å². The summed E-state index contributed by atoms with van der Waals surface area (Å²) in [6.45, 7) is 12.1. The minimum absolute atomic E-state index is 0.172. The molecule has 0 saturated carbocycles. The zero-order chi connectivity index (χ0) is 8.36. The van der Waals surface area contributed by atoms with Crippen molar-refractivity contribution in [2.45, 2.75) is 34.1 Å². The van der Waals surface area contributed by atoms with E-state index in [0.717, 1.165) is 0 Å². The van der Waals surface area contributed by atoms with Gasteiger partial charge in [-0.15, -0.1) is 0 Å². The number of rotatable bonds is 3. The smallest absolute Gasteiger partial charge is 0.0856 e. The molecule has 0 aromatic carbocycles. The van der Waals surface area contributed by atoms with Crippen molar-refractivity contribution in [3.8, 4) is 0 Å². The van der Waals surface area contributed by atoms with E-state index < -0.39 is 0 Å². The molecule has 0 aliphatic rings. The van der Waals surface area contributed by atoms with Gasteiger partial charge in [0.25, 0.3) is 0 Å². The van der Waals surface area contributed by atoms with E-state index >= 15 is 0 Å². The largest absolute Gasteiger partial charge is 0.513 e. The Balaban J connectivity index is 3.99. The lowest BCUT2D eigenvalue weighted by Gasteiger charge is -2.28. The molecule has 1 N–H and O–H groups in total. The number of allylic oxidation sites excluding steroid dienone is 1. The first-order valence-corrected chi connectivity index (χ1v) is 3.73. The van der Waals surface area contributed by atoms with Crippen LogP contribution in [-0.2, 0) is 0 Å². The fourth-order valence-electron chi connectivity index (χ4n) is 0.730. The number of hydrogen-bond donors (Lipinski definition) is 1. The fraction of sp³-hybridized carbons (Fsp3) is 0.778. The van der Waals surface area contributed by atoms with Gasteiger partial charge in [0.15, 0.2) is 0 Å². The lowest BCUT2D eigenvalue weighted by Crippen LogP contribution is -2.19. The average molecular weight is 142 g/mol. The summed E-state index contributed by atoms with van der Waals surface area (Å²) in [6, 6.07) is 0. The molecule has 0 amide bonds. The van der Waals surface area contributed by atoms with E-state index in [1.807, 2.05) is 0 Å². The zero-order valence-corrected chi connectivity index (χ0v) is 7.44. The monoisotopic (exact) mass is 142 g/mol. The van der Waals surface area contributed by atoms with Gasteiger partial charge in [0.1, 0.15) is 0 Å². The highest BCUT2D eigenvalue weighted by atomic mass is 16.3. The van der Waals surface area contributed by atoms with Gasteiger partial charge >= 0.3 is 0 Å². The average Bonchev–Trinajstić information content (AvgIpc) is 1.60. The topological polar surface area (TPSA) is 20.2 Å². The van der Waals surface area contributed by atoms with Gasteiger partial charge in [0.05, 0.1) is 5.76 Å². The van der Waals surface area contributed by atoms with Gasteiger partial charge in [0.2, 0.25) is 0 Å². The number of aliphatic hydroxyl groups excluding tert-OH is 1. The van der Waals surface area contributed by atoms with Crippen LogP contribution in [-0.4, -0.2) is 5.11 Å². The Hall–Kier alpha value is -0.460. The van der Waals surface area contributed by atoms with Gasteiger partial charge in [0, 0.05) is 6.42 Å². The van der Waals surface area contributed by atoms with Crippen LogP contribution in [0.4, 0.5) is 0 Å². The summed E-state index contributed by atoms with van der Waals surface area (Å²) in [5.74, 6) is 0.870. The van der Waals surface area contributed by atoms with Crippen molar-refractivity contribution in [1.82, 2.24) is 0 Å². The summed E-state index contributed by atoms with van der Waals surface area (Å²) in [4.78, 5) is 0. The van der Waals surface area contributed by atoms with Crippen molar-refractivity contribution in [3.05, 3.63) is 12.3 Å². The molecule has 0 aromatic rings. The highest BCUT2D eigenvalue weighted by molar-refractivity contribution is 4.88. The summed E-state index contributed by atoms with van der Waals surface area (Å²) in [7, 11) is 0. The maximum atomic E-state index is 8.94. The van der Waals surface area contributed by atoms with Crippen LogP contribution < -0.4 is 0 Å². The number of hydrogen-bond acceptors (Lipinski definition) is 1. The molecule has 0 aliphatic carbocycles. The van der Waals surface area contributed by atoms with Gasteiger partial charge in [-0.2, -0.15) is 0 Å². The van der Waals surface area contributed by atoms with E-state index in [9.17, 15) is 0 Å². The fourth-order valence-corrected chi connectivity index (χ4v) is 0.730. The molecule has 0 aliphatic heterocycles. The molecule has 0 bridgehead atoms. The third kappa shape index (κ3) is 2.90. The predicted molar refractivity (Wildman–Crippen MR) is 45.0 cm³/mol. The standard InChI is InChI=1S/C9H18O/c1-7(2)9(4,5)6-8(3)10/h7,10H,3,6H2,1-2,4-5H3. The third-order valence-corrected chi connectivity index (χ3v) is 2.22. The third-order valence-electron chi connectivity index (χ3n) is 2.22. The van der Waals surface area contributed by atoms with Crippen LogP contribution in [0.3, 0.4) is 0 Å². The minimum atomic E-state index is 0.172. The molecule has 0 saturated heterocycles. The van der Waals surface area contributed by atoms with E-state index in [-0.39, 0.29) is 5.41 Å².